The minimum absolute atomic E-state index is 0.00696. The zero-order valence-corrected chi connectivity index (χ0v) is 20.9. The van der Waals surface area contributed by atoms with Crippen LogP contribution < -0.4 is 24.4 Å². The van der Waals surface area contributed by atoms with Crippen molar-refractivity contribution in [2.45, 2.75) is 53.4 Å². The second-order valence-corrected chi connectivity index (χ2v) is 7.72. The molecule has 0 atom stereocenters. The first-order chi connectivity index (χ1) is 17.7. The minimum atomic E-state index is -0.771. The van der Waals surface area contributed by atoms with E-state index in [4.69, 9.17) is 23.4 Å². The van der Waals surface area contributed by atoms with E-state index in [0.29, 0.717) is 5.56 Å². The third kappa shape index (κ3) is 6.40. The molecule has 0 fully saturated rings. The lowest BCUT2D eigenvalue weighted by Crippen LogP contribution is -2.17. The van der Waals surface area contributed by atoms with Crippen LogP contribution in [-0.2, 0) is 19.2 Å². The summed E-state index contributed by atoms with van der Waals surface area (Å²) in [5, 5.41) is -0.172. The van der Waals surface area contributed by atoms with Crippen molar-refractivity contribution in [3.63, 3.8) is 0 Å². The molecule has 0 amide bonds. The Bertz CT molecular complexity index is 1400. The van der Waals surface area contributed by atoms with Crippen LogP contribution in [0.5, 0.6) is 23.0 Å². The van der Waals surface area contributed by atoms with E-state index in [-0.39, 0.29) is 59.7 Å². The molecule has 0 N–H and O–H groups in total. The Balaban J connectivity index is 2.27. The molecular weight excluding hydrogens is 484 g/mol. The third-order valence-electron chi connectivity index (χ3n) is 5.07. The van der Waals surface area contributed by atoms with Gasteiger partial charge in [-0.15, -0.1) is 0 Å². The Kier molecular flexibility index (Phi) is 8.78. The van der Waals surface area contributed by atoms with E-state index in [1.54, 1.807) is 27.7 Å². The summed E-state index contributed by atoms with van der Waals surface area (Å²) < 4.78 is 27.1. The smallest absolute Gasteiger partial charge is 0.311 e. The molecule has 0 unspecified atom stereocenters. The molecular formula is C27H26O10. The number of hydrogen-bond acceptors (Lipinski definition) is 10. The standard InChI is InChI=1S/C27H26O10/c1-5-20(28)33-16-11-9-15(10-12-16)26-27(37-23(31)8-4)25(32)24-18(35-22(30)7-3)13-17(14-19(24)36-26)34-21(29)6-2/h9-14H,5-8H2,1-4H3. The average Bonchev–Trinajstić information content (AvgIpc) is 2.89. The van der Waals surface area contributed by atoms with Gasteiger partial charge in [-0.1, -0.05) is 27.7 Å². The molecule has 0 spiro atoms. The lowest BCUT2D eigenvalue weighted by Gasteiger charge is -2.14. The van der Waals surface area contributed by atoms with E-state index >= 15 is 0 Å². The van der Waals surface area contributed by atoms with Crippen molar-refractivity contribution >= 4 is 34.8 Å². The van der Waals surface area contributed by atoms with Crippen molar-refractivity contribution in [3.8, 4) is 34.3 Å². The van der Waals surface area contributed by atoms with E-state index < -0.39 is 35.1 Å². The monoisotopic (exact) mass is 510 g/mol. The molecule has 1 aromatic heterocycles. The minimum Gasteiger partial charge on any atom is -0.452 e. The van der Waals surface area contributed by atoms with Gasteiger partial charge in [-0.05, 0) is 24.3 Å². The van der Waals surface area contributed by atoms with Gasteiger partial charge in [-0.3, -0.25) is 24.0 Å². The number of fused-ring (bicyclic) bond motifs is 1. The van der Waals surface area contributed by atoms with Crippen LogP contribution in [0, 0.1) is 0 Å². The number of hydrogen-bond donors (Lipinski definition) is 0. The van der Waals surface area contributed by atoms with Crippen LogP contribution in [-0.4, -0.2) is 23.9 Å². The normalized spacial score (nSPS) is 10.6. The maximum atomic E-state index is 13.6. The van der Waals surface area contributed by atoms with Crippen molar-refractivity contribution in [3.05, 3.63) is 46.6 Å². The fourth-order valence-electron chi connectivity index (χ4n) is 3.13. The first-order valence-corrected chi connectivity index (χ1v) is 11.8. The van der Waals surface area contributed by atoms with Gasteiger partial charge in [-0.25, -0.2) is 0 Å². The predicted molar refractivity (Wildman–Crippen MR) is 132 cm³/mol. The lowest BCUT2D eigenvalue weighted by atomic mass is 10.1. The van der Waals surface area contributed by atoms with Crippen LogP contribution in [0.1, 0.15) is 53.4 Å². The highest BCUT2D eigenvalue weighted by molar-refractivity contribution is 5.92. The van der Waals surface area contributed by atoms with Crippen molar-refractivity contribution < 1.29 is 42.5 Å². The average molecular weight is 510 g/mol. The number of rotatable bonds is 9. The second-order valence-electron chi connectivity index (χ2n) is 7.72. The zero-order chi connectivity index (χ0) is 27.1. The molecule has 10 nitrogen and oxygen atoms in total. The van der Waals surface area contributed by atoms with Crippen LogP contribution >= 0.6 is 0 Å². The number of esters is 4. The van der Waals surface area contributed by atoms with Crippen molar-refractivity contribution in [1.29, 1.82) is 0 Å². The predicted octanol–water partition coefficient (Wildman–Crippen LogP) is 4.72. The van der Waals surface area contributed by atoms with Gasteiger partial charge in [0.2, 0.25) is 11.2 Å². The van der Waals surface area contributed by atoms with Gasteiger partial charge in [0.05, 0.1) is 0 Å². The van der Waals surface area contributed by atoms with E-state index in [9.17, 15) is 24.0 Å². The summed E-state index contributed by atoms with van der Waals surface area (Å²) in [7, 11) is 0. The van der Waals surface area contributed by atoms with Crippen LogP contribution in [0.3, 0.4) is 0 Å². The van der Waals surface area contributed by atoms with Crippen LogP contribution in [0.2, 0.25) is 0 Å². The van der Waals surface area contributed by atoms with E-state index in [2.05, 4.69) is 0 Å². The Morgan fingerprint density at radius 2 is 1.19 bits per heavy atom. The number of carbonyl (C=O) groups excluding carboxylic acids is 4. The van der Waals surface area contributed by atoms with Gasteiger partial charge >= 0.3 is 23.9 Å². The Labute approximate surface area is 212 Å². The van der Waals surface area contributed by atoms with Crippen LogP contribution in [0.4, 0.5) is 0 Å². The summed E-state index contributed by atoms with van der Waals surface area (Å²) >= 11 is 0. The molecule has 0 radical (unpaired) electrons. The summed E-state index contributed by atoms with van der Waals surface area (Å²) in [6.07, 6.45) is 0.259. The molecule has 194 valence electrons. The van der Waals surface area contributed by atoms with Crippen LogP contribution in [0.25, 0.3) is 22.3 Å². The van der Waals surface area contributed by atoms with Gasteiger partial charge in [-0.2, -0.15) is 0 Å². The Morgan fingerprint density at radius 3 is 1.76 bits per heavy atom. The molecule has 1 heterocycles. The quantitative estimate of drug-likeness (QED) is 0.294. The molecule has 0 aliphatic heterocycles. The van der Waals surface area contributed by atoms with E-state index in [1.165, 1.54) is 36.4 Å². The molecule has 0 saturated heterocycles. The van der Waals surface area contributed by atoms with E-state index in [1.807, 2.05) is 0 Å². The molecule has 0 saturated carbocycles. The SMILES string of the molecule is CCC(=O)Oc1ccc(-c2oc3cc(OC(=O)CC)cc(OC(=O)CC)c3c(=O)c2OC(=O)CC)cc1. The highest BCUT2D eigenvalue weighted by Crippen LogP contribution is 2.37. The van der Waals surface area contributed by atoms with Gasteiger partial charge < -0.3 is 23.4 Å². The summed E-state index contributed by atoms with van der Waals surface area (Å²) in [5.74, 6) is -2.77. The first kappa shape index (κ1) is 27.1. The second kappa shape index (κ2) is 12.0. The van der Waals surface area contributed by atoms with Gasteiger partial charge in [0, 0.05) is 43.4 Å². The molecule has 2 aromatic carbocycles. The topological polar surface area (TPSA) is 135 Å². The van der Waals surface area contributed by atoms with Gasteiger partial charge in [0.15, 0.2) is 5.76 Å². The maximum Gasteiger partial charge on any atom is 0.311 e. The maximum absolute atomic E-state index is 13.6. The fraction of sp³-hybridized carbons (Fsp3) is 0.296. The van der Waals surface area contributed by atoms with Crippen molar-refractivity contribution in [2.75, 3.05) is 0 Å². The Morgan fingerprint density at radius 1 is 0.676 bits per heavy atom. The highest BCUT2D eigenvalue weighted by atomic mass is 16.6. The molecule has 0 aliphatic carbocycles. The summed E-state index contributed by atoms with van der Waals surface area (Å²) in [6, 6.07) is 8.55. The first-order valence-electron chi connectivity index (χ1n) is 11.8. The summed E-state index contributed by atoms with van der Waals surface area (Å²) in [5.41, 5.74) is -0.512. The number of ether oxygens (including phenoxy) is 4. The number of carbonyl (C=O) groups is 4. The molecule has 10 heteroatoms. The van der Waals surface area contributed by atoms with Gasteiger partial charge in [0.1, 0.15) is 28.2 Å². The Hall–Kier alpha value is -4.47. The fourth-order valence-corrected chi connectivity index (χ4v) is 3.13. The van der Waals surface area contributed by atoms with Crippen molar-refractivity contribution in [2.24, 2.45) is 0 Å². The third-order valence-corrected chi connectivity index (χ3v) is 5.07. The number of benzene rings is 2. The molecule has 3 rings (SSSR count). The molecule has 3 aromatic rings. The van der Waals surface area contributed by atoms with Crippen LogP contribution in [0.15, 0.2) is 45.6 Å². The summed E-state index contributed by atoms with van der Waals surface area (Å²) in [6.45, 7) is 6.40. The summed E-state index contributed by atoms with van der Waals surface area (Å²) in [4.78, 5) is 61.3. The molecule has 0 bridgehead atoms. The molecule has 0 aliphatic rings. The van der Waals surface area contributed by atoms with E-state index in [0.717, 1.165) is 0 Å². The largest absolute Gasteiger partial charge is 0.452 e. The molecule has 37 heavy (non-hydrogen) atoms. The lowest BCUT2D eigenvalue weighted by molar-refractivity contribution is -0.135. The highest BCUT2D eigenvalue weighted by Gasteiger charge is 2.24. The van der Waals surface area contributed by atoms with Crippen molar-refractivity contribution in [1.82, 2.24) is 0 Å². The van der Waals surface area contributed by atoms with Gasteiger partial charge in [0.25, 0.3) is 0 Å². The zero-order valence-electron chi connectivity index (χ0n) is 20.9.